The summed E-state index contributed by atoms with van der Waals surface area (Å²) < 4.78 is 43.8. The van der Waals surface area contributed by atoms with E-state index in [1.54, 1.807) is 0 Å². The zero-order valence-corrected chi connectivity index (χ0v) is 19.8. The van der Waals surface area contributed by atoms with Crippen LogP contribution in [0.3, 0.4) is 0 Å². The molecule has 0 atom stereocenters. The SMILES string of the molecule is C[N+](C)(C)Cc1ccccc1.O=C([O-])c1cc(Oc2ccc(C(F)(F)F)cc2Cl)ccc1[N+](=O)[O-]. The zero-order valence-electron chi connectivity index (χ0n) is 19.0. The molecule has 0 aliphatic carbocycles. The Hall–Kier alpha value is -3.63. The third-order valence-electron chi connectivity index (χ3n) is 4.37. The smallest absolute Gasteiger partial charge is 0.416 e. The van der Waals surface area contributed by atoms with Gasteiger partial charge in [0.05, 0.1) is 48.2 Å². The van der Waals surface area contributed by atoms with Crippen molar-refractivity contribution in [2.24, 2.45) is 0 Å². The summed E-state index contributed by atoms with van der Waals surface area (Å²) in [6, 6.07) is 15.7. The van der Waals surface area contributed by atoms with E-state index in [-0.39, 0.29) is 16.5 Å². The second kappa shape index (κ2) is 11.2. The van der Waals surface area contributed by atoms with Crippen LogP contribution >= 0.6 is 11.6 Å². The lowest BCUT2D eigenvalue weighted by atomic mass is 10.1. The number of alkyl halides is 3. The molecule has 0 amide bonds. The number of carbonyl (C=O) groups excluding carboxylic acids is 1. The maximum atomic E-state index is 12.6. The predicted octanol–water partition coefficient (Wildman–Crippen LogP) is 5.32. The highest BCUT2D eigenvalue weighted by Gasteiger charge is 2.31. The second-order valence-electron chi connectivity index (χ2n) is 8.40. The van der Waals surface area contributed by atoms with E-state index in [0.717, 1.165) is 41.4 Å². The average molecular weight is 511 g/mol. The van der Waals surface area contributed by atoms with Crippen LogP contribution in [0.15, 0.2) is 66.7 Å². The van der Waals surface area contributed by atoms with Crippen LogP contribution in [0.1, 0.15) is 21.5 Å². The maximum Gasteiger partial charge on any atom is 0.416 e. The van der Waals surface area contributed by atoms with Crippen LogP contribution in [0, 0.1) is 10.1 Å². The molecule has 0 bridgehead atoms. The third kappa shape index (κ3) is 8.58. The number of rotatable bonds is 6. The summed E-state index contributed by atoms with van der Waals surface area (Å²) in [6.07, 6.45) is -4.59. The van der Waals surface area contributed by atoms with Gasteiger partial charge in [-0.3, -0.25) is 10.1 Å². The number of quaternary nitrogens is 1. The highest BCUT2D eigenvalue weighted by molar-refractivity contribution is 6.32. The normalized spacial score (nSPS) is 11.3. The molecular formula is C24H22ClF3N2O5. The first-order valence-corrected chi connectivity index (χ1v) is 10.4. The topological polar surface area (TPSA) is 92.5 Å². The molecule has 0 aliphatic rings. The van der Waals surface area contributed by atoms with Gasteiger partial charge in [-0.1, -0.05) is 41.9 Å². The van der Waals surface area contributed by atoms with E-state index in [1.165, 1.54) is 5.56 Å². The fourth-order valence-corrected chi connectivity index (χ4v) is 3.14. The maximum absolute atomic E-state index is 12.6. The number of nitrogens with zero attached hydrogens (tertiary/aromatic N) is 2. The van der Waals surface area contributed by atoms with Crippen LogP contribution in [0.25, 0.3) is 0 Å². The molecule has 35 heavy (non-hydrogen) atoms. The van der Waals surface area contributed by atoms with Crippen LogP contribution in [-0.4, -0.2) is 36.5 Å². The second-order valence-corrected chi connectivity index (χ2v) is 8.81. The Labute approximate surface area is 204 Å². The van der Waals surface area contributed by atoms with Crippen molar-refractivity contribution in [3.05, 3.63) is 98.6 Å². The molecule has 0 radical (unpaired) electrons. The first-order chi connectivity index (χ1) is 16.2. The molecule has 0 aromatic heterocycles. The fourth-order valence-electron chi connectivity index (χ4n) is 2.92. The van der Waals surface area contributed by atoms with Crippen molar-refractivity contribution in [1.29, 1.82) is 0 Å². The zero-order chi connectivity index (χ0) is 26.4. The van der Waals surface area contributed by atoms with Crippen molar-refractivity contribution in [3.63, 3.8) is 0 Å². The molecule has 0 unspecified atom stereocenters. The number of nitro groups is 1. The number of benzene rings is 3. The highest BCUT2D eigenvalue weighted by atomic mass is 35.5. The van der Waals surface area contributed by atoms with Crippen molar-refractivity contribution in [2.45, 2.75) is 12.7 Å². The molecular weight excluding hydrogens is 489 g/mol. The summed E-state index contributed by atoms with van der Waals surface area (Å²) in [5.74, 6) is -2.14. The number of carboxylic acids is 1. The minimum absolute atomic E-state index is 0.165. The Morgan fingerprint density at radius 1 is 1.03 bits per heavy atom. The van der Waals surface area contributed by atoms with E-state index in [9.17, 15) is 33.2 Å². The van der Waals surface area contributed by atoms with Crippen LogP contribution in [0.5, 0.6) is 11.5 Å². The molecule has 3 rings (SSSR count). The van der Waals surface area contributed by atoms with Crippen molar-refractivity contribution < 1.29 is 37.2 Å². The number of hydrogen-bond acceptors (Lipinski definition) is 5. The molecule has 0 N–H and O–H groups in total. The average Bonchev–Trinajstić information content (AvgIpc) is 2.74. The molecule has 0 aliphatic heterocycles. The van der Waals surface area contributed by atoms with Crippen LogP contribution in [-0.2, 0) is 12.7 Å². The minimum atomic E-state index is -4.59. The quantitative estimate of drug-likeness (QED) is 0.254. The standard InChI is InChI=1S/C14H7ClF3NO5.C10H16N/c15-10-5-7(14(16,17)18)1-4-12(10)24-8-2-3-11(19(22)23)9(6-8)13(20)21;1-11(2,3)9-10-7-5-4-6-8-10/h1-6H,(H,20,21);4-8H,9H2,1-3H3/q;+1/p-1. The Kier molecular flexibility index (Phi) is 8.83. The van der Waals surface area contributed by atoms with Gasteiger partial charge in [0, 0.05) is 11.6 Å². The van der Waals surface area contributed by atoms with Crippen molar-refractivity contribution in [1.82, 2.24) is 0 Å². The number of ether oxygens (including phenoxy) is 1. The van der Waals surface area contributed by atoms with Crippen LogP contribution < -0.4 is 9.84 Å². The van der Waals surface area contributed by atoms with E-state index < -0.39 is 33.9 Å². The Balaban J connectivity index is 0.000000328. The number of nitro benzene ring substituents is 1. The van der Waals surface area contributed by atoms with Gasteiger partial charge >= 0.3 is 6.18 Å². The van der Waals surface area contributed by atoms with Crippen molar-refractivity contribution in [2.75, 3.05) is 21.1 Å². The fraction of sp³-hybridized carbons (Fsp3) is 0.208. The Bertz CT molecular complexity index is 1200. The van der Waals surface area contributed by atoms with Gasteiger partial charge in [-0.15, -0.1) is 0 Å². The molecule has 11 heteroatoms. The summed E-state index contributed by atoms with van der Waals surface area (Å²) >= 11 is 5.71. The third-order valence-corrected chi connectivity index (χ3v) is 4.67. The number of aromatic carboxylic acids is 1. The molecule has 3 aromatic carbocycles. The monoisotopic (exact) mass is 510 g/mol. The van der Waals surface area contributed by atoms with E-state index in [0.29, 0.717) is 6.07 Å². The lowest BCUT2D eigenvalue weighted by Gasteiger charge is -2.23. The molecule has 0 saturated carbocycles. The van der Waals surface area contributed by atoms with Gasteiger partial charge in [0.15, 0.2) is 0 Å². The molecule has 0 spiro atoms. The van der Waals surface area contributed by atoms with Gasteiger partial charge in [0.1, 0.15) is 18.0 Å². The largest absolute Gasteiger partial charge is 0.545 e. The molecule has 0 saturated heterocycles. The Morgan fingerprint density at radius 3 is 2.14 bits per heavy atom. The number of halogens is 4. The Morgan fingerprint density at radius 2 is 1.66 bits per heavy atom. The lowest BCUT2D eigenvalue weighted by molar-refractivity contribution is -0.884. The predicted molar refractivity (Wildman–Crippen MR) is 122 cm³/mol. The summed E-state index contributed by atoms with van der Waals surface area (Å²) in [6.45, 7) is 1.10. The van der Waals surface area contributed by atoms with Gasteiger partial charge < -0.3 is 19.1 Å². The summed E-state index contributed by atoms with van der Waals surface area (Å²) in [4.78, 5) is 20.7. The summed E-state index contributed by atoms with van der Waals surface area (Å²) in [5.41, 5.74) is -1.03. The molecule has 0 heterocycles. The summed E-state index contributed by atoms with van der Waals surface area (Å²) in [7, 11) is 6.60. The number of carboxylic acid groups (broad SMARTS) is 1. The molecule has 0 fully saturated rings. The van der Waals surface area contributed by atoms with Crippen molar-refractivity contribution in [3.8, 4) is 11.5 Å². The lowest BCUT2D eigenvalue weighted by Crippen LogP contribution is -2.33. The van der Waals surface area contributed by atoms with Crippen LogP contribution in [0.4, 0.5) is 18.9 Å². The molecule has 7 nitrogen and oxygen atoms in total. The highest BCUT2D eigenvalue weighted by Crippen LogP contribution is 2.37. The first-order valence-electron chi connectivity index (χ1n) is 10.1. The molecule has 186 valence electrons. The summed E-state index contributed by atoms with van der Waals surface area (Å²) in [5, 5.41) is 21.3. The van der Waals surface area contributed by atoms with E-state index in [1.807, 2.05) is 0 Å². The van der Waals surface area contributed by atoms with Gasteiger partial charge in [0.25, 0.3) is 5.69 Å². The van der Waals surface area contributed by atoms with E-state index in [2.05, 4.69) is 51.5 Å². The minimum Gasteiger partial charge on any atom is -0.545 e. The van der Waals surface area contributed by atoms with Gasteiger partial charge in [-0.05, 0) is 30.3 Å². The van der Waals surface area contributed by atoms with Gasteiger partial charge in [0.2, 0.25) is 0 Å². The van der Waals surface area contributed by atoms with Gasteiger partial charge in [-0.2, -0.15) is 13.2 Å². The van der Waals surface area contributed by atoms with Crippen molar-refractivity contribution >= 4 is 23.3 Å². The van der Waals surface area contributed by atoms with Gasteiger partial charge in [-0.25, -0.2) is 0 Å². The van der Waals surface area contributed by atoms with Crippen LogP contribution in [0.2, 0.25) is 5.02 Å². The molecule has 3 aromatic rings. The number of carbonyl (C=O) groups is 1. The van der Waals surface area contributed by atoms with E-state index >= 15 is 0 Å². The van der Waals surface area contributed by atoms with E-state index in [4.69, 9.17) is 16.3 Å². The first kappa shape index (κ1) is 27.6. The number of hydrogen-bond donors (Lipinski definition) is 0.